The number of nitrogens with zero attached hydrogens (tertiary/aromatic N) is 6. The molecule has 2 aliphatic heterocycles. The quantitative estimate of drug-likeness (QED) is 0.361. The Morgan fingerprint density at radius 1 is 1.05 bits per heavy atom. The van der Waals surface area contributed by atoms with Gasteiger partial charge in [-0.05, 0) is 61.3 Å². The largest absolute Gasteiger partial charge is 0.338 e. The van der Waals surface area contributed by atoms with E-state index in [1.165, 1.54) is 31.4 Å². The van der Waals surface area contributed by atoms with Crippen LogP contribution in [0.1, 0.15) is 93.6 Å². The molecule has 9 heteroatoms. The minimum Gasteiger partial charge on any atom is -0.338 e. The molecule has 2 unspecified atom stereocenters. The molecule has 1 amide bonds. The number of hydrogen-bond acceptors (Lipinski definition) is 4. The zero-order chi connectivity index (χ0) is 28.0. The maximum atomic E-state index is 14.5. The number of halogens is 2. The number of alkyl halides is 2. The lowest BCUT2D eigenvalue weighted by Gasteiger charge is -2.33. The molecule has 0 spiro atoms. The SMILES string of the molecule is CC(=O)N1CCc2c(c(N3CCCc4cc(-c5cnn(C)c5)c(C(F)F)cc43)nn2C2CCCCC(C)CC2)C1. The molecule has 2 atom stereocenters. The number of carbonyl (C=O) groups excluding carboxylic acids is 1. The van der Waals surface area contributed by atoms with E-state index in [9.17, 15) is 13.6 Å². The Balaban J connectivity index is 1.45. The van der Waals surface area contributed by atoms with Crippen LogP contribution in [0.15, 0.2) is 24.5 Å². The number of aryl methyl sites for hydroxylation is 2. The minimum atomic E-state index is -2.61. The molecule has 4 heterocycles. The lowest BCUT2D eigenvalue weighted by atomic mass is 9.90. The van der Waals surface area contributed by atoms with Gasteiger partial charge in [0.05, 0.1) is 18.8 Å². The number of carbonyl (C=O) groups is 1. The molecule has 1 saturated carbocycles. The Morgan fingerprint density at radius 2 is 1.88 bits per heavy atom. The fourth-order valence-electron chi connectivity index (χ4n) is 6.96. The maximum Gasteiger partial charge on any atom is 0.264 e. The van der Waals surface area contributed by atoms with Gasteiger partial charge in [0, 0.05) is 67.8 Å². The monoisotopic (exact) mass is 550 g/mol. The summed E-state index contributed by atoms with van der Waals surface area (Å²) in [5.41, 5.74) is 5.44. The Bertz CT molecular complexity index is 1390. The van der Waals surface area contributed by atoms with Crippen molar-refractivity contribution in [3.63, 3.8) is 0 Å². The van der Waals surface area contributed by atoms with Crippen molar-refractivity contribution in [1.82, 2.24) is 24.5 Å². The Morgan fingerprint density at radius 3 is 2.62 bits per heavy atom. The van der Waals surface area contributed by atoms with Crippen LogP contribution in [0.2, 0.25) is 0 Å². The second kappa shape index (κ2) is 11.0. The first-order chi connectivity index (χ1) is 19.3. The fourth-order valence-corrected chi connectivity index (χ4v) is 6.96. The number of hydrogen-bond donors (Lipinski definition) is 0. The van der Waals surface area contributed by atoms with Crippen molar-refractivity contribution >= 4 is 17.4 Å². The maximum absolute atomic E-state index is 14.5. The highest BCUT2D eigenvalue weighted by Gasteiger charge is 2.34. The number of rotatable bonds is 4. The predicted octanol–water partition coefficient (Wildman–Crippen LogP) is 6.74. The molecule has 1 fully saturated rings. The van der Waals surface area contributed by atoms with Gasteiger partial charge < -0.3 is 9.80 Å². The predicted molar refractivity (Wildman–Crippen MR) is 152 cm³/mol. The first-order valence-corrected chi connectivity index (χ1v) is 14.9. The van der Waals surface area contributed by atoms with E-state index in [-0.39, 0.29) is 11.5 Å². The number of anilines is 2. The van der Waals surface area contributed by atoms with E-state index in [2.05, 4.69) is 21.6 Å². The second-order valence-electron chi connectivity index (χ2n) is 12.0. The topological polar surface area (TPSA) is 59.2 Å². The van der Waals surface area contributed by atoms with Crippen molar-refractivity contribution in [2.24, 2.45) is 13.0 Å². The molecule has 3 aromatic rings. The van der Waals surface area contributed by atoms with Crippen LogP contribution < -0.4 is 4.90 Å². The molecule has 214 valence electrons. The molecule has 3 aliphatic rings. The van der Waals surface area contributed by atoms with Gasteiger partial charge in [-0.1, -0.05) is 26.2 Å². The summed E-state index contributed by atoms with van der Waals surface area (Å²) in [4.78, 5) is 16.5. The van der Waals surface area contributed by atoms with Gasteiger partial charge >= 0.3 is 0 Å². The number of amides is 1. The molecule has 1 aromatic carbocycles. The minimum absolute atomic E-state index is 0.0197. The molecular weight excluding hydrogens is 510 g/mol. The van der Waals surface area contributed by atoms with Crippen LogP contribution in [0.3, 0.4) is 0 Å². The molecule has 0 saturated heterocycles. The van der Waals surface area contributed by atoms with E-state index < -0.39 is 6.43 Å². The van der Waals surface area contributed by atoms with Crippen molar-refractivity contribution in [2.75, 3.05) is 18.0 Å². The van der Waals surface area contributed by atoms with Gasteiger partial charge in [0.1, 0.15) is 0 Å². The smallest absolute Gasteiger partial charge is 0.264 e. The van der Waals surface area contributed by atoms with Crippen molar-refractivity contribution in [3.8, 4) is 11.1 Å². The van der Waals surface area contributed by atoms with Crippen LogP contribution in [0.25, 0.3) is 11.1 Å². The molecule has 0 bridgehead atoms. The Labute approximate surface area is 235 Å². The average Bonchev–Trinajstić information content (AvgIpc) is 3.53. The summed E-state index contributed by atoms with van der Waals surface area (Å²) in [6, 6.07) is 3.94. The van der Waals surface area contributed by atoms with Gasteiger partial charge in [0.15, 0.2) is 5.82 Å². The molecule has 0 N–H and O–H groups in total. The van der Waals surface area contributed by atoms with Crippen molar-refractivity contribution in [3.05, 3.63) is 46.9 Å². The molecule has 6 rings (SSSR count). The molecular formula is C31H40F2N6O. The van der Waals surface area contributed by atoms with E-state index in [4.69, 9.17) is 5.10 Å². The molecule has 0 radical (unpaired) electrons. The highest BCUT2D eigenvalue weighted by molar-refractivity contribution is 5.78. The highest BCUT2D eigenvalue weighted by atomic mass is 19.3. The summed E-state index contributed by atoms with van der Waals surface area (Å²) in [6.07, 6.45) is 10.5. The van der Waals surface area contributed by atoms with E-state index >= 15 is 0 Å². The second-order valence-corrected chi connectivity index (χ2v) is 12.0. The zero-order valence-corrected chi connectivity index (χ0v) is 23.9. The highest BCUT2D eigenvalue weighted by Crippen LogP contribution is 2.44. The van der Waals surface area contributed by atoms with E-state index in [0.29, 0.717) is 36.8 Å². The molecule has 7 nitrogen and oxygen atoms in total. The third kappa shape index (κ3) is 5.03. The summed E-state index contributed by atoms with van der Waals surface area (Å²) in [5.74, 6) is 1.62. The van der Waals surface area contributed by atoms with Gasteiger partial charge in [0.2, 0.25) is 5.91 Å². The summed E-state index contributed by atoms with van der Waals surface area (Å²) in [5, 5.41) is 9.51. The third-order valence-corrected chi connectivity index (χ3v) is 9.21. The van der Waals surface area contributed by atoms with Gasteiger partial charge in [-0.3, -0.25) is 14.2 Å². The molecule has 1 aliphatic carbocycles. The van der Waals surface area contributed by atoms with Gasteiger partial charge in [0.25, 0.3) is 6.43 Å². The number of fused-ring (bicyclic) bond motifs is 2. The lowest BCUT2D eigenvalue weighted by Crippen LogP contribution is -2.35. The van der Waals surface area contributed by atoms with Gasteiger partial charge in [-0.25, -0.2) is 8.78 Å². The standard InChI is InChI=1S/C31H40F2N6O/c1-20-7-4-5-9-24(11-10-20)39-28-12-14-37(21(2)40)19-27(28)31(35-39)38-13-6-8-22-15-25(23-17-34-36(3)18-23)26(30(32)33)16-29(22)38/h15-18,20,24,30H,4-14,19H2,1-3H3. The van der Waals surface area contributed by atoms with Crippen LogP contribution in [-0.4, -0.2) is 43.5 Å². The van der Waals surface area contributed by atoms with Crippen LogP contribution in [0.5, 0.6) is 0 Å². The van der Waals surface area contributed by atoms with Crippen LogP contribution in [0, 0.1) is 5.92 Å². The van der Waals surface area contributed by atoms with E-state index in [1.54, 1.807) is 37.1 Å². The first-order valence-electron chi connectivity index (χ1n) is 14.9. The molecule has 40 heavy (non-hydrogen) atoms. The summed E-state index contributed by atoms with van der Waals surface area (Å²) < 4.78 is 32.9. The number of benzene rings is 1. The van der Waals surface area contributed by atoms with Gasteiger partial charge in [-0.15, -0.1) is 0 Å². The van der Waals surface area contributed by atoms with E-state index in [0.717, 1.165) is 60.7 Å². The summed E-state index contributed by atoms with van der Waals surface area (Å²) in [7, 11) is 1.80. The van der Waals surface area contributed by atoms with Crippen LogP contribution >= 0.6 is 0 Å². The van der Waals surface area contributed by atoms with Crippen molar-refractivity contribution in [2.45, 2.75) is 90.6 Å². The van der Waals surface area contributed by atoms with E-state index in [1.807, 2.05) is 11.0 Å². The Kier molecular flexibility index (Phi) is 7.40. The lowest BCUT2D eigenvalue weighted by molar-refractivity contribution is -0.129. The average molecular weight is 551 g/mol. The number of aromatic nitrogens is 4. The third-order valence-electron chi connectivity index (χ3n) is 9.21. The Hall–Kier alpha value is -3.23. The zero-order valence-electron chi connectivity index (χ0n) is 23.9. The van der Waals surface area contributed by atoms with Crippen molar-refractivity contribution in [1.29, 1.82) is 0 Å². The fraction of sp³-hybridized carbons (Fsp3) is 0.581. The van der Waals surface area contributed by atoms with Crippen LogP contribution in [0.4, 0.5) is 20.3 Å². The summed E-state index contributed by atoms with van der Waals surface area (Å²) in [6.45, 7) is 5.90. The summed E-state index contributed by atoms with van der Waals surface area (Å²) >= 11 is 0. The van der Waals surface area contributed by atoms with Gasteiger partial charge in [-0.2, -0.15) is 10.2 Å². The molecule has 2 aromatic heterocycles. The normalized spacial score (nSPS) is 21.6. The van der Waals surface area contributed by atoms with Crippen LogP contribution in [-0.2, 0) is 31.2 Å². The van der Waals surface area contributed by atoms with Crippen molar-refractivity contribution < 1.29 is 13.6 Å². The first kappa shape index (κ1) is 27.0.